The molecule has 0 saturated carbocycles. The van der Waals surface area contributed by atoms with Crippen LogP contribution in [0.4, 0.5) is 8.78 Å². The lowest BCUT2D eigenvalue weighted by atomic mass is 10.1. The molecule has 0 N–H and O–H groups in total. The first-order valence-corrected chi connectivity index (χ1v) is 6.45. The maximum atomic E-state index is 14.6. The van der Waals surface area contributed by atoms with E-state index in [2.05, 4.69) is 9.72 Å². The third-order valence-corrected chi connectivity index (χ3v) is 3.21. The highest BCUT2D eigenvalue weighted by atomic mass is 19.3. The van der Waals surface area contributed by atoms with Crippen LogP contribution in [0.3, 0.4) is 0 Å². The number of hydrogen-bond donors (Lipinski definition) is 0. The van der Waals surface area contributed by atoms with Crippen molar-refractivity contribution in [2.24, 2.45) is 0 Å². The Bertz CT molecular complexity index is 809. The minimum Gasteiger partial charge on any atom is -0.465 e. The fourth-order valence-electron chi connectivity index (χ4n) is 2.09. The summed E-state index contributed by atoms with van der Waals surface area (Å²) in [7, 11) is 1.19. The van der Waals surface area contributed by atoms with E-state index in [1.807, 2.05) is 0 Å². The number of methoxy groups -OCH3 is 1. The van der Waals surface area contributed by atoms with Crippen molar-refractivity contribution in [3.8, 4) is 0 Å². The van der Waals surface area contributed by atoms with Crippen LogP contribution in [0, 0.1) is 0 Å². The number of oxazole rings is 1. The van der Waals surface area contributed by atoms with Gasteiger partial charge in [0.1, 0.15) is 5.52 Å². The predicted molar refractivity (Wildman–Crippen MR) is 74.8 cm³/mol. The monoisotopic (exact) mass is 303 g/mol. The Hall–Kier alpha value is -2.76. The van der Waals surface area contributed by atoms with Crippen LogP contribution >= 0.6 is 0 Å². The number of para-hydroxylation sites is 2. The van der Waals surface area contributed by atoms with Crippen LogP contribution in [0.15, 0.2) is 52.9 Å². The number of carbonyl (C=O) groups excluding carboxylic acids is 1. The molecule has 0 aliphatic heterocycles. The van der Waals surface area contributed by atoms with E-state index in [0.29, 0.717) is 5.52 Å². The zero-order valence-electron chi connectivity index (χ0n) is 11.5. The van der Waals surface area contributed by atoms with Crippen LogP contribution in [0.2, 0.25) is 0 Å². The van der Waals surface area contributed by atoms with Gasteiger partial charge in [0.15, 0.2) is 5.58 Å². The average Bonchev–Trinajstić information content (AvgIpc) is 2.99. The molecule has 2 aromatic carbocycles. The zero-order chi connectivity index (χ0) is 15.7. The standard InChI is InChI=1S/C16H11F2NO3/c1-21-14(20)10-5-4-6-11(9-10)16(17,18)15-19-12-7-2-3-8-13(12)22-15/h2-9H,1H3. The van der Waals surface area contributed by atoms with Crippen molar-refractivity contribution >= 4 is 17.1 Å². The van der Waals surface area contributed by atoms with E-state index in [9.17, 15) is 13.6 Å². The molecule has 0 aliphatic carbocycles. The number of alkyl halides is 2. The largest absolute Gasteiger partial charge is 0.465 e. The van der Waals surface area contributed by atoms with Crippen LogP contribution in [0.1, 0.15) is 21.8 Å². The number of aromatic nitrogens is 1. The quantitative estimate of drug-likeness (QED) is 0.691. The highest BCUT2D eigenvalue weighted by molar-refractivity contribution is 5.89. The van der Waals surface area contributed by atoms with E-state index >= 15 is 0 Å². The van der Waals surface area contributed by atoms with Crippen molar-refractivity contribution in [3.05, 3.63) is 65.5 Å². The van der Waals surface area contributed by atoms with Gasteiger partial charge in [0.05, 0.1) is 12.7 Å². The summed E-state index contributed by atoms with van der Waals surface area (Å²) < 4.78 is 38.8. The molecule has 3 aromatic rings. The molecule has 0 aliphatic rings. The molecule has 4 nitrogen and oxygen atoms in total. The van der Waals surface area contributed by atoms with Gasteiger partial charge in [-0.1, -0.05) is 24.3 Å². The average molecular weight is 303 g/mol. The first-order valence-electron chi connectivity index (χ1n) is 6.45. The highest BCUT2D eigenvalue weighted by Gasteiger charge is 2.40. The smallest absolute Gasteiger partial charge is 0.347 e. The van der Waals surface area contributed by atoms with Crippen molar-refractivity contribution in [1.29, 1.82) is 0 Å². The summed E-state index contributed by atoms with van der Waals surface area (Å²) in [4.78, 5) is 15.3. The molecular weight excluding hydrogens is 292 g/mol. The van der Waals surface area contributed by atoms with E-state index in [1.165, 1.54) is 25.3 Å². The van der Waals surface area contributed by atoms with Crippen LogP contribution in [-0.2, 0) is 10.7 Å². The van der Waals surface area contributed by atoms with Gasteiger partial charge in [-0.3, -0.25) is 0 Å². The van der Waals surface area contributed by atoms with E-state index in [1.54, 1.807) is 24.3 Å². The Morgan fingerprint density at radius 2 is 1.95 bits per heavy atom. The van der Waals surface area contributed by atoms with Crippen LogP contribution in [-0.4, -0.2) is 18.1 Å². The van der Waals surface area contributed by atoms with Crippen LogP contribution in [0.5, 0.6) is 0 Å². The second kappa shape index (κ2) is 5.22. The maximum absolute atomic E-state index is 14.6. The Balaban J connectivity index is 2.07. The summed E-state index contributed by atoms with van der Waals surface area (Å²) in [5, 5.41) is 0. The summed E-state index contributed by atoms with van der Waals surface area (Å²) in [5.74, 6) is -4.85. The Morgan fingerprint density at radius 3 is 2.68 bits per heavy atom. The van der Waals surface area contributed by atoms with Gasteiger partial charge in [0, 0.05) is 5.56 Å². The van der Waals surface area contributed by atoms with E-state index in [-0.39, 0.29) is 16.7 Å². The lowest BCUT2D eigenvalue weighted by Gasteiger charge is -2.13. The second-order valence-electron chi connectivity index (χ2n) is 4.63. The molecule has 0 amide bonds. The minimum atomic E-state index is -3.46. The highest BCUT2D eigenvalue weighted by Crippen LogP contribution is 2.36. The molecule has 0 spiro atoms. The normalized spacial score (nSPS) is 11.6. The fourth-order valence-corrected chi connectivity index (χ4v) is 2.09. The summed E-state index contributed by atoms with van der Waals surface area (Å²) in [5.41, 5.74) is 0.278. The van der Waals surface area contributed by atoms with E-state index in [4.69, 9.17) is 4.42 Å². The van der Waals surface area contributed by atoms with Crippen molar-refractivity contribution in [2.45, 2.75) is 5.92 Å². The topological polar surface area (TPSA) is 52.3 Å². The molecule has 0 saturated heterocycles. The summed E-state index contributed by atoms with van der Waals surface area (Å²) in [6, 6.07) is 11.5. The van der Waals surface area contributed by atoms with Gasteiger partial charge in [-0.05, 0) is 24.3 Å². The van der Waals surface area contributed by atoms with Gasteiger partial charge in [0.25, 0.3) is 5.89 Å². The van der Waals surface area contributed by atoms with Crippen molar-refractivity contribution in [1.82, 2.24) is 4.98 Å². The van der Waals surface area contributed by atoms with Gasteiger partial charge >= 0.3 is 11.9 Å². The molecule has 0 bridgehead atoms. The lowest BCUT2D eigenvalue weighted by molar-refractivity contribution is 0.0147. The Morgan fingerprint density at radius 1 is 1.18 bits per heavy atom. The first kappa shape index (κ1) is 14.2. The third kappa shape index (κ3) is 2.32. The number of fused-ring (bicyclic) bond motifs is 1. The number of nitrogens with zero attached hydrogens (tertiary/aromatic N) is 1. The molecule has 3 rings (SSSR count). The number of hydrogen-bond acceptors (Lipinski definition) is 4. The summed E-state index contributed by atoms with van der Waals surface area (Å²) in [6.07, 6.45) is 0. The van der Waals surface area contributed by atoms with E-state index in [0.717, 1.165) is 6.07 Å². The van der Waals surface area contributed by atoms with Crippen LogP contribution in [0.25, 0.3) is 11.1 Å². The molecule has 0 radical (unpaired) electrons. The van der Waals surface area contributed by atoms with Crippen molar-refractivity contribution in [2.75, 3.05) is 7.11 Å². The lowest BCUT2D eigenvalue weighted by Crippen LogP contribution is -2.16. The van der Waals surface area contributed by atoms with E-state index < -0.39 is 17.8 Å². The van der Waals surface area contributed by atoms with Gasteiger partial charge in [-0.25, -0.2) is 9.78 Å². The molecule has 1 aromatic heterocycles. The number of esters is 1. The third-order valence-electron chi connectivity index (χ3n) is 3.21. The van der Waals surface area contributed by atoms with Crippen LogP contribution < -0.4 is 0 Å². The number of carbonyl (C=O) groups is 1. The Labute approximate surface area is 124 Å². The number of halogens is 2. The molecule has 1 heterocycles. The maximum Gasteiger partial charge on any atom is 0.347 e. The summed E-state index contributed by atoms with van der Waals surface area (Å²) >= 11 is 0. The molecule has 0 fully saturated rings. The Kier molecular flexibility index (Phi) is 3.36. The molecule has 6 heteroatoms. The van der Waals surface area contributed by atoms with Crippen molar-refractivity contribution in [3.63, 3.8) is 0 Å². The zero-order valence-corrected chi connectivity index (χ0v) is 11.5. The minimum absolute atomic E-state index is 0.0378. The van der Waals surface area contributed by atoms with Gasteiger partial charge in [0.2, 0.25) is 0 Å². The van der Waals surface area contributed by atoms with Crippen molar-refractivity contribution < 1.29 is 22.7 Å². The van der Waals surface area contributed by atoms with Gasteiger partial charge in [-0.2, -0.15) is 8.78 Å². The summed E-state index contributed by atoms with van der Waals surface area (Å²) in [6.45, 7) is 0. The van der Waals surface area contributed by atoms with Gasteiger partial charge < -0.3 is 9.15 Å². The first-order chi connectivity index (χ1) is 10.5. The SMILES string of the molecule is COC(=O)c1cccc(C(F)(F)c2nc3ccccc3o2)c1. The molecule has 0 unspecified atom stereocenters. The predicted octanol–water partition coefficient (Wildman–Crippen LogP) is 3.75. The number of ether oxygens (including phenoxy) is 1. The second-order valence-corrected chi connectivity index (χ2v) is 4.63. The fraction of sp³-hybridized carbons (Fsp3) is 0.125. The molecular formula is C16H11F2NO3. The molecule has 112 valence electrons. The number of benzene rings is 2. The van der Waals surface area contributed by atoms with Gasteiger partial charge in [-0.15, -0.1) is 0 Å². The molecule has 0 atom stereocenters. The number of rotatable bonds is 3. The molecule has 22 heavy (non-hydrogen) atoms.